The molecule has 0 amide bonds. The fraction of sp³-hybridized carbons (Fsp3) is 0.0571. The van der Waals surface area contributed by atoms with Gasteiger partial charge in [0.2, 0.25) is 0 Å². The van der Waals surface area contributed by atoms with Crippen LogP contribution in [0.1, 0.15) is 22.3 Å². The van der Waals surface area contributed by atoms with Crippen LogP contribution in [0.15, 0.2) is 231 Å². The first-order chi connectivity index (χ1) is 37.3. The third kappa shape index (κ3) is 6.80. The molecule has 11 aromatic rings. The number of benzene rings is 11. The molecule has 0 saturated carbocycles. The average Bonchev–Trinajstić information content (AvgIpc) is 3.65. The molecule has 4 heterocycles. The summed E-state index contributed by atoms with van der Waals surface area (Å²) in [6.07, 6.45) is 0. The van der Waals surface area contributed by atoms with E-state index in [2.05, 4.69) is 268 Å². The normalized spacial score (nSPS) is 13.1. The van der Waals surface area contributed by atoms with Crippen LogP contribution in [0.3, 0.4) is 0 Å². The molecule has 76 heavy (non-hydrogen) atoms. The van der Waals surface area contributed by atoms with E-state index in [1.807, 2.05) is 0 Å². The molecule has 0 aromatic heterocycles. The van der Waals surface area contributed by atoms with Gasteiger partial charge in [-0.1, -0.05) is 176 Å². The van der Waals surface area contributed by atoms with E-state index < -0.39 is 0 Å². The van der Waals surface area contributed by atoms with Crippen LogP contribution >= 0.6 is 0 Å². The highest BCUT2D eigenvalue weighted by molar-refractivity contribution is 7.02. The van der Waals surface area contributed by atoms with Gasteiger partial charge in [-0.25, -0.2) is 0 Å². The second-order valence-corrected chi connectivity index (χ2v) is 21.0. The van der Waals surface area contributed by atoms with Gasteiger partial charge in [-0.05, 0) is 176 Å². The molecule has 6 heteroatoms. The zero-order valence-corrected chi connectivity index (χ0v) is 42.8. The molecule has 15 rings (SSSR count). The lowest BCUT2D eigenvalue weighted by atomic mass is 9.31. The van der Waals surface area contributed by atoms with Crippen molar-refractivity contribution < 1.29 is 9.47 Å². The van der Waals surface area contributed by atoms with E-state index in [9.17, 15) is 0 Å². The molecular weight excluding hydrogens is 922 g/mol. The first kappa shape index (κ1) is 44.3. The molecule has 0 aliphatic carbocycles. The van der Waals surface area contributed by atoms with Crippen LogP contribution in [0.25, 0.3) is 44.5 Å². The van der Waals surface area contributed by atoms with E-state index in [1.165, 1.54) is 66.6 Å². The van der Waals surface area contributed by atoms with Crippen molar-refractivity contribution in [1.82, 2.24) is 0 Å². The van der Waals surface area contributed by atoms with Crippen LogP contribution in [0.2, 0.25) is 0 Å². The molecule has 4 aliphatic heterocycles. The van der Waals surface area contributed by atoms with Crippen LogP contribution in [-0.4, -0.2) is 13.4 Å². The van der Waals surface area contributed by atoms with Crippen LogP contribution in [0.4, 0.5) is 34.1 Å². The Kier molecular flexibility index (Phi) is 9.99. The van der Waals surface area contributed by atoms with Crippen molar-refractivity contribution in [1.29, 1.82) is 0 Å². The summed E-state index contributed by atoms with van der Waals surface area (Å²) in [5, 5.41) is 0. The molecule has 0 atom stereocenters. The average molecular weight is 973 g/mol. The van der Waals surface area contributed by atoms with Crippen molar-refractivity contribution in [2.45, 2.75) is 27.7 Å². The number of ether oxygens (including phenoxy) is 2. The lowest BCUT2D eigenvalue weighted by Crippen LogP contribution is -2.63. The summed E-state index contributed by atoms with van der Waals surface area (Å²) in [5.41, 5.74) is 28.0. The fourth-order valence-electron chi connectivity index (χ4n) is 12.9. The third-order valence-electron chi connectivity index (χ3n) is 16.5. The van der Waals surface area contributed by atoms with Crippen LogP contribution < -0.4 is 52.1 Å². The Balaban J connectivity index is 1.00. The van der Waals surface area contributed by atoms with Gasteiger partial charge in [0, 0.05) is 40.2 Å². The first-order valence-electron chi connectivity index (χ1n) is 26.5. The molecule has 0 fully saturated rings. The molecular formula is C70H50B2N2O2. The van der Waals surface area contributed by atoms with Crippen molar-refractivity contribution in [3.63, 3.8) is 0 Å². The van der Waals surface area contributed by atoms with Gasteiger partial charge in [0.15, 0.2) is 0 Å². The molecule has 0 radical (unpaired) electrons. The molecule has 11 aromatic carbocycles. The van der Waals surface area contributed by atoms with Crippen LogP contribution in [0.5, 0.6) is 23.0 Å². The molecule has 0 spiro atoms. The number of rotatable bonds is 6. The summed E-state index contributed by atoms with van der Waals surface area (Å²) in [4.78, 5) is 5.00. The number of nitrogens with zero attached hydrogens (tertiary/aromatic N) is 2. The molecule has 358 valence electrons. The number of anilines is 6. The molecule has 0 bridgehead atoms. The van der Waals surface area contributed by atoms with E-state index in [0.29, 0.717) is 0 Å². The zero-order chi connectivity index (χ0) is 50.8. The smallest absolute Gasteiger partial charge is 0.256 e. The molecule has 0 N–H and O–H groups in total. The monoisotopic (exact) mass is 972 g/mol. The number of hydrogen-bond acceptors (Lipinski definition) is 4. The predicted molar refractivity (Wildman–Crippen MR) is 319 cm³/mol. The van der Waals surface area contributed by atoms with E-state index in [0.717, 1.165) is 90.1 Å². The van der Waals surface area contributed by atoms with Crippen molar-refractivity contribution in [3.05, 3.63) is 253 Å². The second-order valence-electron chi connectivity index (χ2n) is 21.0. The van der Waals surface area contributed by atoms with Gasteiger partial charge in [0.05, 0.1) is 0 Å². The standard InChI is InChI=1S/C70H50B2N2O2/c1-43-19-11-15-27-53(43)51-37-63-69-67(39-51)75-65-42-66-58(41-57(65)71(69)55-33-31-49(47-23-7-5-8-24-47)35-61(55)73(63)59-29-17-13-21-45(59)3)72-56-34-32-50(48-25-9-6-10-26-48)36-62(56)74(60-30-18-14-22-46(60)4)64-38-52(40-68(76-66)70(64)72)54-28-16-12-20-44(54)2/h5-42H,1-4H3. The zero-order valence-electron chi connectivity index (χ0n) is 42.8. The van der Waals surface area contributed by atoms with E-state index in [4.69, 9.17) is 9.47 Å². The fourth-order valence-corrected chi connectivity index (χ4v) is 12.9. The minimum absolute atomic E-state index is 0.152. The largest absolute Gasteiger partial charge is 0.458 e. The summed E-state index contributed by atoms with van der Waals surface area (Å²) in [6.45, 7) is 8.53. The Morgan fingerprint density at radius 1 is 0.263 bits per heavy atom. The molecule has 0 saturated heterocycles. The maximum Gasteiger partial charge on any atom is 0.256 e. The quantitative estimate of drug-likeness (QED) is 0.155. The van der Waals surface area contributed by atoms with Gasteiger partial charge in [0.25, 0.3) is 13.4 Å². The molecule has 0 unspecified atom stereocenters. The SMILES string of the molecule is Cc1ccccc1-c1cc2c3c(c1)N(c1ccccc1C)c1cc(-c4ccccc4)ccc1B3c1cc3c(cc1O2)Oc1cc(-c2ccccc2C)cc2c1B3c1ccc(-c3ccccc3)cc1N2c1ccccc1C. The minimum Gasteiger partial charge on any atom is -0.458 e. The van der Waals surface area contributed by atoms with Gasteiger partial charge >= 0.3 is 0 Å². The number of aryl methyl sites for hydroxylation is 4. The Bertz CT molecular complexity index is 3940. The highest BCUT2D eigenvalue weighted by Gasteiger charge is 2.47. The van der Waals surface area contributed by atoms with Crippen molar-refractivity contribution in [2.24, 2.45) is 0 Å². The van der Waals surface area contributed by atoms with Gasteiger partial charge in [-0.2, -0.15) is 0 Å². The summed E-state index contributed by atoms with van der Waals surface area (Å²) in [5.74, 6) is 3.33. The maximum absolute atomic E-state index is 7.43. The highest BCUT2D eigenvalue weighted by Crippen LogP contribution is 2.48. The Morgan fingerprint density at radius 2 is 0.645 bits per heavy atom. The van der Waals surface area contributed by atoms with E-state index in [1.54, 1.807) is 0 Å². The van der Waals surface area contributed by atoms with Gasteiger partial charge in [0.1, 0.15) is 23.0 Å². The highest BCUT2D eigenvalue weighted by atomic mass is 16.5. The lowest BCUT2D eigenvalue weighted by molar-refractivity contribution is 0.466. The van der Waals surface area contributed by atoms with Gasteiger partial charge in [-0.15, -0.1) is 0 Å². The van der Waals surface area contributed by atoms with Crippen LogP contribution in [-0.2, 0) is 0 Å². The van der Waals surface area contributed by atoms with Crippen LogP contribution in [0, 0.1) is 27.7 Å². The lowest BCUT2D eigenvalue weighted by Gasteiger charge is -2.43. The molecule has 4 aliphatic rings. The molecule has 4 nitrogen and oxygen atoms in total. The summed E-state index contributed by atoms with van der Waals surface area (Å²) in [7, 11) is 0. The maximum atomic E-state index is 7.43. The van der Waals surface area contributed by atoms with Crippen molar-refractivity contribution in [3.8, 4) is 67.5 Å². The third-order valence-corrected chi connectivity index (χ3v) is 16.5. The Hall–Kier alpha value is -9.25. The van der Waals surface area contributed by atoms with Crippen molar-refractivity contribution in [2.75, 3.05) is 9.80 Å². The Labute approximate surface area is 445 Å². The van der Waals surface area contributed by atoms with Gasteiger partial charge in [-0.3, -0.25) is 0 Å². The van der Waals surface area contributed by atoms with Crippen molar-refractivity contribution >= 4 is 80.3 Å². The topological polar surface area (TPSA) is 24.9 Å². The number of hydrogen-bond donors (Lipinski definition) is 0. The van der Waals surface area contributed by atoms with E-state index in [-0.39, 0.29) is 13.4 Å². The number of fused-ring (bicyclic) bond motifs is 8. The van der Waals surface area contributed by atoms with E-state index >= 15 is 0 Å². The Morgan fingerprint density at radius 3 is 1.07 bits per heavy atom. The summed E-state index contributed by atoms with van der Waals surface area (Å²) in [6, 6.07) is 84.6. The second kappa shape index (κ2) is 17.2. The van der Waals surface area contributed by atoms with Gasteiger partial charge < -0.3 is 19.3 Å². The predicted octanol–water partition coefficient (Wildman–Crippen LogP) is 14.4. The summed E-state index contributed by atoms with van der Waals surface area (Å²) < 4.78 is 14.9. The first-order valence-corrected chi connectivity index (χ1v) is 26.5. The number of para-hydroxylation sites is 2. The minimum atomic E-state index is -0.152. The summed E-state index contributed by atoms with van der Waals surface area (Å²) >= 11 is 0.